The largest absolute Gasteiger partial charge is 0.497 e. The van der Waals surface area contributed by atoms with Gasteiger partial charge in [0.1, 0.15) is 34.4 Å². The van der Waals surface area contributed by atoms with Crippen molar-refractivity contribution in [3.63, 3.8) is 0 Å². The van der Waals surface area contributed by atoms with Crippen molar-refractivity contribution in [1.82, 2.24) is 9.97 Å². The number of aryl methyl sites for hydroxylation is 1. The molecule has 0 spiro atoms. The Balaban J connectivity index is 1.76. The third-order valence-electron chi connectivity index (χ3n) is 6.17. The number of aromatic nitrogens is 2. The van der Waals surface area contributed by atoms with Gasteiger partial charge in [0.25, 0.3) is 10.0 Å². The molecule has 0 bridgehead atoms. The van der Waals surface area contributed by atoms with Crippen LogP contribution in [0.4, 0.5) is 33.5 Å². The van der Waals surface area contributed by atoms with Crippen molar-refractivity contribution < 1.29 is 35.1 Å². The normalized spacial score (nSPS) is 12.6. The molecule has 0 unspecified atom stereocenters. The lowest BCUT2D eigenvalue weighted by Crippen LogP contribution is -2.32. The molecule has 1 aromatic heterocycles. The summed E-state index contributed by atoms with van der Waals surface area (Å²) in [5, 5.41) is 1.23. The number of anilines is 2. The smallest absolute Gasteiger partial charge is 0.412 e. The molecule has 0 saturated carbocycles. The summed E-state index contributed by atoms with van der Waals surface area (Å²) in [5.41, 5.74) is -0.310. The summed E-state index contributed by atoms with van der Waals surface area (Å²) in [4.78, 5) is 6.83. The zero-order valence-corrected chi connectivity index (χ0v) is 24.1. The molecule has 0 radical (unpaired) electrons. The first kappa shape index (κ1) is 31.3. The highest BCUT2D eigenvalue weighted by Gasteiger charge is 2.43. The van der Waals surface area contributed by atoms with Crippen LogP contribution in [0.3, 0.4) is 0 Å². The Labute approximate surface area is 247 Å². The van der Waals surface area contributed by atoms with Crippen LogP contribution in [0.15, 0.2) is 72.0 Å². The summed E-state index contributed by atoms with van der Waals surface area (Å²) in [6, 6.07) is 7.28. The topological polar surface area (TPSA) is 84.4 Å². The molecule has 4 rings (SSSR count). The molecule has 0 aliphatic rings. The second-order valence-electron chi connectivity index (χ2n) is 8.92. The minimum atomic E-state index is -5.07. The summed E-state index contributed by atoms with van der Waals surface area (Å²) < 4.78 is 105. The predicted molar refractivity (Wildman–Crippen MR) is 148 cm³/mol. The highest BCUT2D eigenvalue weighted by Crippen LogP contribution is 2.40. The molecule has 1 N–H and O–H groups in total. The van der Waals surface area contributed by atoms with Gasteiger partial charge < -0.3 is 10.1 Å². The Hall–Kier alpha value is -3.68. The van der Waals surface area contributed by atoms with E-state index in [1.807, 2.05) is 5.32 Å². The maximum Gasteiger partial charge on any atom is 0.412 e. The lowest BCUT2D eigenvalue weighted by molar-refractivity contribution is -0.144. The molecule has 0 fully saturated rings. The van der Waals surface area contributed by atoms with Crippen molar-refractivity contribution in [2.45, 2.75) is 30.6 Å². The van der Waals surface area contributed by atoms with Crippen LogP contribution < -0.4 is 14.4 Å². The van der Waals surface area contributed by atoms with Crippen LogP contribution in [0.25, 0.3) is 0 Å². The Morgan fingerprint density at radius 3 is 2.38 bits per heavy atom. The van der Waals surface area contributed by atoms with Crippen LogP contribution in [0.1, 0.15) is 22.7 Å². The van der Waals surface area contributed by atoms with E-state index < -0.39 is 55.0 Å². The quantitative estimate of drug-likeness (QED) is 0.190. The van der Waals surface area contributed by atoms with E-state index in [-0.39, 0.29) is 17.4 Å². The number of hydrogen-bond acceptors (Lipinski definition) is 6. The Morgan fingerprint density at radius 1 is 1.02 bits per heavy atom. The van der Waals surface area contributed by atoms with E-state index in [9.17, 15) is 26.0 Å². The van der Waals surface area contributed by atoms with Gasteiger partial charge in [0, 0.05) is 22.8 Å². The molecule has 0 saturated heterocycles. The number of methoxy groups -OCH3 is 1. The third kappa shape index (κ3) is 6.69. The standard InChI is InChI=1S/C27H21Cl2F5N4O3S/c1-15-9-18(41-2)5-3-16(15)13-38(25-7-8-35-14-36-25)42(39,40)24-11-20(29)23(12-22(24)31)37-26(27(32,33)34)19-10-17(28)4-6-21(19)30/h3-12,14,26,37H,13H2,1-2H3/t26-/m1/s1. The summed E-state index contributed by atoms with van der Waals surface area (Å²) in [6.45, 7) is 1.43. The number of nitrogens with one attached hydrogen (secondary N) is 1. The second kappa shape index (κ2) is 12.3. The van der Waals surface area contributed by atoms with Crippen LogP contribution in [0, 0.1) is 18.6 Å². The molecule has 7 nitrogen and oxygen atoms in total. The SMILES string of the molecule is COc1ccc(CN(c2ccncn2)S(=O)(=O)c2cc(Cl)c(N[C@H](c3cc(Cl)ccc3F)C(F)(F)F)cc2F)c(C)c1. The van der Waals surface area contributed by atoms with Crippen molar-refractivity contribution in [1.29, 1.82) is 0 Å². The minimum absolute atomic E-state index is 0.105. The average molecular weight is 647 g/mol. The highest BCUT2D eigenvalue weighted by atomic mass is 35.5. The van der Waals surface area contributed by atoms with Gasteiger partial charge in [0.05, 0.1) is 24.4 Å². The third-order valence-corrected chi connectivity index (χ3v) is 8.48. The van der Waals surface area contributed by atoms with Gasteiger partial charge in [0.15, 0.2) is 6.04 Å². The lowest BCUT2D eigenvalue weighted by atomic mass is 10.1. The van der Waals surface area contributed by atoms with Crippen LogP contribution >= 0.6 is 23.2 Å². The first-order chi connectivity index (χ1) is 19.7. The molecule has 222 valence electrons. The van der Waals surface area contributed by atoms with E-state index >= 15 is 4.39 Å². The number of rotatable bonds is 9. The number of halogens is 7. The van der Waals surface area contributed by atoms with Crippen molar-refractivity contribution in [3.8, 4) is 5.75 Å². The molecule has 15 heteroatoms. The van der Waals surface area contributed by atoms with Gasteiger partial charge in [-0.3, -0.25) is 0 Å². The molecule has 1 heterocycles. The Kier molecular flexibility index (Phi) is 9.14. The van der Waals surface area contributed by atoms with Gasteiger partial charge in [-0.1, -0.05) is 29.3 Å². The van der Waals surface area contributed by atoms with E-state index in [1.54, 1.807) is 25.1 Å². The van der Waals surface area contributed by atoms with Gasteiger partial charge in [-0.2, -0.15) is 13.2 Å². The fourth-order valence-electron chi connectivity index (χ4n) is 4.03. The van der Waals surface area contributed by atoms with Crippen molar-refractivity contribution in [2.75, 3.05) is 16.7 Å². The molecule has 42 heavy (non-hydrogen) atoms. The molecule has 3 aromatic carbocycles. The number of nitrogens with zero attached hydrogens (tertiary/aromatic N) is 3. The summed E-state index contributed by atoms with van der Waals surface area (Å²) in [7, 11) is -3.28. The number of sulfonamides is 1. The number of benzene rings is 3. The first-order valence-electron chi connectivity index (χ1n) is 11.9. The van der Waals surface area contributed by atoms with Crippen molar-refractivity contribution in [3.05, 3.63) is 105 Å². The highest BCUT2D eigenvalue weighted by molar-refractivity contribution is 7.92. The molecule has 4 aromatic rings. The van der Waals surface area contributed by atoms with E-state index in [0.29, 0.717) is 29.0 Å². The average Bonchev–Trinajstić information content (AvgIpc) is 2.93. The zero-order chi connectivity index (χ0) is 30.8. The van der Waals surface area contributed by atoms with Gasteiger partial charge in [-0.15, -0.1) is 0 Å². The molecular formula is C27H21Cl2F5N4O3S. The van der Waals surface area contributed by atoms with Gasteiger partial charge in [-0.25, -0.2) is 31.5 Å². The van der Waals surface area contributed by atoms with E-state index in [1.165, 1.54) is 19.4 Å². The summed E-state index contributed by atoms with van der Waals surface area (Å²) in [6.07, 6.45) is -2.69. The van der Waals surface area contributed by atoms with Crippen molar-refractivity contribution >= 4 is 44.7 Å². The summed E-state index contributed by atoms with van der Waals surface area (Å²) >= 11 is 12.0. The lowest BCUT2D eigenvalue weighted by Gasteiger charge is -2.26. The molecule has 0 aliphatic carbocycles. The number of ether oxygens (including phenoxy) is 1. The van der Waals surface area contributed by atoms with E-state index in [2.05, 4.69) is 9.97 Å². The second-order valence-corrected chi connectivity index (χ2v) is 11.6. The summed E-state index contributed by atoms with van der Waals surface area (Å²) in [5.74, 6) is -2.21. The van der Waals surface area contributed by atoms with Crippen LogP contribution in [0.5, 0.6) is 5.75 Å². The van der Waals surface area contributed by atoms with Gasteiger partial charge >= 0.3 is 6.18 Å². The number of alkyl halides is 3. The predicted octanol–water partition coefficient (Wildman–Crippen LogP) is 7.49. The van der Waals surface area contributed by atoms with Crippen molar-refractivity contribution in [2.24, 2.45) is 0 Å². The Bertz CT molecular complexity index is 1710. The Morgan fingerprint density at radius 2 is 1.76 bits per heavy atom. The maximum atomic E-state index is 15.5. The van der Waals surface area contributed by atoms with Gasteiger partial charge in [-0.05, 0) is 60.5 Å². The fourth-order valence-corrected chi connectivity index (χ4v) is 5.97. The monoisotopic (exact) mass is 646 g/mol. The molecule has 1 atom stereocenters. The zero-order valence-electron chi connectivity index (χ0n) is 21.8. The number of hydrogen-bond donors (Lipinski definition) is 1. The van der Waals surface area contributed by atoms with Crippen LogP contribution in [0.2, 0.25) is 10.0 Å². The first-order valence-corrected chi connectivity index (χ1v) is 14.1. The minimum Gasteiger partial charge on any atom is -0.497 e. The molecular weight excluding hydrogens is 626 g/mol. The van der Waals surface area contributed by atoms with Gasteiger partial charge in [0.2, 0.25) is 0 Å². The van der Waals surface area contributed by atoms with Crippen LogP contribution in [-0.4, -0.2) is 31.7 Å². The van der Waals surface area contributed by atoms with Crippen LogP contribution in [-0.2, 0) is 16.6 Å². The fraction of sp³-hybridized carbons (Fsp3) is 0.185. The maximum absolute atomic E-state index is 15.5. The van der Waals surface area contributed by atoms with E-state index in [4.69, 9.17) is 27.9 Å². The van der Waals surface area contributed by atoms with E-state index in [0.717, 1.165) is 28.8 Å². The molecule has 0 amide bonds. The molecule has 0 aliphatic heterocycles.